The Kier molecular flexibility index (Phi) is 4.24. The summed E-state index contributed by atoms with van der Waals surface area (Å²) in [5.41, 5.74) is 0.926. The maximum absolute atomic E-state index is 13.3. The fourth-order valence-electron chi connectivity index (χ4n) is 5.30. The van der Waals surface area contributed by atoms with Gasteiger partial charge >= 0.3 is 17.9 Å². The molecule has 2 aliphatic heterocycles. The molecule has 1 aliphatic carbocycles. The van der Waals surface area contributed by atoms with Gasteiger partial charge < -0.3 is 14.2 Å². The van der Waals surface area contributed by atoms with Crippen LogP contribution < -0.4 is 0 Å². The molecular formula is C24H20O6. The van der Waals surface area contributed by atoms with E-state index in [9.17, 15) is 14.4 Å². The van der Waals surface area contributed by atoms with E-state index in [0.717, 1.165) is 5.56 Å². The third kappa shape index (κ3) is 2.33. The number of hydrogen-bond acceptors (Lipinski definition) is 6. The Balaban J connectivity index is 1.93. The molecule has 2 saturated heterocycles. The molecular weight excluding hydrogens is 384 g/mol. The van der Waals surface area contributed by atoms with Crippen LogP contribution in [0.2, 0.25) is 0 Å². The van der Waals surface area contributed by atoms with Gasteiger partial charge in [-0.05, 0) is 22.3 Å². The molecule has 0 N–H and O–H groups in total. The average molecular weight is 404 g/mol. The number of cyclic esters (lactones) is 2. The number of carbonyl (C=O) groups is 3. The lowest BCUT2D eigenvalue weighted by molar-refractivity contribution is -0.160. The fourth-order valence-corrected chi connectivity index (χ4v) is 5.30. The summed E-state index contributed by atoms with van der Waals surface area (Å²) in [6.45, 7) is 0.187. The highest BCUT2D eigenvalue weighted by molar-refractivity contribution is 6.20. The predicted molar refractivity (Wildman–Crippen MR) is 107 cm³/mol. The normalized spacial score (nSPS) is 29.7. The second kappa shape index (κ2) is 6.83. The minimum atomic E-state index is -1.64. The number of hydrogen-bond donors (Lipinski definition) is 0. The summed E-state index contributed by atoms with van der Waals surface area (Å²) in [7, 11) is 1.27. The predicted octanol–water partition coefficient (Wildman–Crippen LogP) is 2.73. The van der Waals surface area contributed by atoms with Gasteiger partial charge in [0.05, 0.1) is 26.2 Å². The Labute approximate surface area is 173 Å². The second-order valence-corrected chi connectivity index (χ2v) is 7.80. The van der Waals surface area contributed by atoms with Gasteiger partial charge in [0.1, 0.15) is 0 Å². The molecule has 30 heavy (non-hydrogen) atoms. The minimum Gasteiger partial charge on any atom is -0.468 e. The van der Waals surface area contributed by atoms with Gasteiger partial charge in [0.15, 0.2) is 5.41 Å². The summed E-state index contributed by atoms with van der Waals surface area (Å²) in [5, 5.41) is 0. The number of rotatable bonds is 3. The van der Waals surface area contributed by atoms with Crippen LogP contribution in [0.25, 0.3) is 11.1 Å². The molecule has 0 saturated carbocycles. The van der Waals surface area contributed by atoms with Crippen molar-refractivity contribution in [2.24, 2.45) is 23.2 Å². The smallest absolute Gasteiger partial charge is 0.328 e. The van der Waals surface area contributed by atoms with E-state index in [1.165, 1.54) is 7.11 Å². The van der Waals surface area contributed by atoms with Crippen LogP contribution in [0, 0.1) is 23.2 Å². The van der Waals surface area contributed by atoms with Crippen molar-refractivity contribution >= 4 is 29.1 Å². The summed E-state index contributed by atoms with van der Waals surface area (Å²) in [4.78, 5) is 39.5. The van der Waals surface area contributed by atoms with E-state index in [1.54, 1.807) is 0 Å². The fraction of sp³-hybridized carbons (Fsp3) is 0.292. The van der Waals surface area contributed by atoms with Crippen LogP contribution in [-0.2, 0) is 28.6 Å². The van der Waals surface area contributed by atoms with E-state index in [2.05, 4.69) is 0 Å². The molecule has 0 radical (unpaired) electrons. The maximum Gasteiger partial charge on any atom is 0.328 e. The number of benzene rings is 2. The lowest BCUT2D eigenvalue weighted by Gasteiger charge is -2.42. The highest BCUT2D eigenvalue weighted by Gasteiger charge is 2.70. The molecule has 6 nitrogen and oxygen atoms in total. The van der Waals surface area contributed by atoms with Crippen molar-refractivity contribution in [2.75, 3.05) is 20.3 Å². The Hall–Kier alpha value is -3.41. The van der Waals surface area contributed by atoms with Crippen LogP contribution in [0.3, 0.4) is 0 Å². The van der Waals surface area contributed by atoms with Crippen molar-refractivity contribution in [3.05, 3.63) is 71.8 Å². The van der Waals surface area contributed by atoms with Gasteiger partial charge in [-0.1, -0.05) is 60.7 Å². The van der Waals surface area contributed by atoms with Crippen molar-refractivity contribution in [1.29, 1.82) is 0 Å². The van der Waals surface area contributed by atoms with E-state index in [0.29, 0.717) is 16.7 Å². The lowest BCUT2D eigenvalue weighted by atomic mass is 9.55. The molecule has 6 heteroatoms. The van der Waals surface area contributed by atoms with Crippen LogP contribution in [0.5, 0.6) is 0 Å². The quantitative estimate of drug-likeness (QED) is 0.445. The van der Waals surface area contributed by atoms with Crippen molar-refractivity contribution in [2.45, 2.75) is 0 Å². The zero-order valence-corrected chi connectivity index (χ0v) is 16.4. The summed E-state index contributed by atoms with van der Waals surface area (Å²) < 4.78 is 16.1. The van der Waals surface area contributed by atoms with Crippen LogP contribution in [-0.4, -0.2) is 38.2 Å². The molecule has 0 unspecified atom stereocenters. The first-order valence-corrected chi connectivity index (χ1v) is 9.88. The van der Waals surface area contributed by atoms with E-state index in [-0.39, 0.29) is 25.1 Å². The van der Waals surface area contributed by atoms with Gasteiger partial charge in [-0.2, -0.15) is 0 Å². The molecule has 5 rings (SSSR count). The van der Waals surface area contributed by atoms with Crippen LogP contribution in [0.15, 0.2) is 60.7 Å². The minimum absolute atomic E-state index is 0.0458. The molecule has 0 amide bonds. The standard InChI is InChI=1S/C24H20O6/c1-28-22(26)24-17(13-30-23(24)27)16-12-29-21(25)19(16)18(14-8-4-2-5-9-14)20(24)15-10-6-3-7-11-15/h2-11,16-17,19H,12-13H2,1H3/t16-,17+,19-,24+/m0/s1. The van der Waals surface area contributed by atoms with Gasteiger partial charge in [0.25, 0.3) is 0 Å². The molecule has 0 bridgehead atoms. The first-order valence-electron chi connectivity index (χ1n) is 9.88. The van der Waals surface area contributed by atoms with E-state index < -0.39 is 29.2 Å². The van der Waals surface area contributed by atoms with Crippen LogP contribution in [0.4, 0.5) is 0 Å². The highest BCUT2D eigenvalue weighted by atomic mass is 16.6. The Morgan fingerprint density at radius 3 is 2.20 bits per heavy atom. The van der Waals surface area contributed by atoms with Crippen molar-refractivity contribution < 1.29 is 28.6 Å². The third-order valence-electron chi connectivity index (χ3n) is 6.52. The summed E-state index contributed by atoms with van der Waals surface area (Å²) >= 11 is 0. The lowest BCUT2D eigenvalue weighted by Crippen LogP contribution is -2.51. The third-order valence-corrected chi connectivity index (χ3v) is 6.52. The molecule has 152 valence electrons. The van der Waals surface area contributed by atoms with Crippen molar-refractivity contribution in [1.82, 2.24) is 0 Å². The molecule has 2 aromatic carbocycles. The van der Waals surface area contributed by atoms with Crippen LogP contribution in [0.1, 0.15) is 11.1 Å². The molecule has 0 spiro atoms. The largest absolute Gasteiger partial charge is 0.468 e. The SMILES string of the molecule is COC(=O)[C@@]12C(=O)OC[C@@H]1[C@@H]1COC(=O)[C@@H]1C(c1ccccc1)=C2c1ccccc1. The topological polar surface area (TPSA) is 78.9 Å². The Bertz CT molecular complexity index is 1060. The first-order chi connectivity index (χ1) is 14.6. The Morgan fingerprint density at radius 1 is 0.933 bits per heavy atom. The van der Waals surface area contributed by atoms with E-state index in [4.69, 9.17) is 14.2 Å². The summed E-state index contributed by atoms with van der Waals surface area (Å²) in [5.74, 6) is -3.13. The molecule has 4 atom stereocenters. The van der Waals surface area contributed by atoms with Crippen molar-refractivity contribution in [3.63, 3.8) is 0 Å². The van der Waals surface area contributed by atoms with Gasteiger partial charge in [-0.25, -0.2) is 0 Å². The molecule has 2 fully saturated rings. The van der Waals surface area contributed by atoms with Gasteiger partial charge in [0, 0.05) is 11.8 Å². The number of ether oxygens (including phenoxy) is 3. The number of carbonyl (C=O) groups excluding carboxylic acids is 3. The molecule has 3 aliphatic rings. The number of esters is 3. The second-order valence-electron chi connectivity index (χ2n) is 7.80. The monoisotopic (exact) mass is 404 g/mol. The highest BCUT2D eigenvalue weighted by Crippen LogP contribution is 2.61. The van der Waals surface area contributed by atoms with Crippen LogP contribution >= 0.6 is 0 Å². The maximum atomic E-state index is 13.3. The average Bonchev–Trinajstić information content (AvgIpc) is 3.34. The molecule has 2 heterocycles. The first kappa shape index (κ1) is 18.6. The number of methoxy groups -OCH3 is 1. The zero-order chi connectivity index (χ0) is 20.9. The molecule has 0 aromatic heterocycles. The Morgan fingerprint density at radius 2 is 1.57 bits per heavy atom. The van der Waals surface area contributed by atoms with E-state index in [1.807, 2.05) is 60.7 Å². The molecule has 2 aromatic rings. The van der Waals surface area contributed by atoms with E-state index >= 15 is 0 Å². The zero-order valence-electron chi connectivity index (χ0n) is 16.4. The number of fused-ring (bicyclic) bond motifs is 3. The van der Waals surface area contributed by atoms with Gasteiger partial charge in [0.2, 0.25) is 0 Å². The van der Waals surface area contributed by atoms with Gasteiger partial charge in [-0.15, -0.1) is 0 Å². The van der Waals surface area contributed by atoms with Gasteiger partial charge in [-0.3, -0.25) is 14.4 Å². The summed E-state index contributed by atoms with van der Waals surface area (Å²) in [6, 6.07) is 18.6. The van der Waals surface area contributed by atoms with Crippen molar-refractivity contribution in [3.8, 4) is 0 Å². The summed E-state index contributed by atoms with van der Waals surface area (Å²) in [6.07, 6.45) is 0.